The van der Waals surface area contributed by atoms with Gasteiger partial charge in [-0.15, -0.1) is 0 Å². The van der Waals surface area contributed by atoms with Gasteiger partial charge in [-0.2, -0.15) is 4.57 Å². The largest absolute Gasteiger partial charge is 0.457 e. The molecule has 0 fully saturated rings. The third-order valence-electron chi connectivity index (χ3n) is 5.23. The summed E-state index contributed by atoms with van der Waals surface area (Å²) >= 11 is 1.81. The van der Waals surface area contributed by atoms with Crippen molar-refractivity contribution in [2.45, 2.75) is 13.5 Å². The van der Waals surface area contributed by atoms with Crippen LogP contribution in [0.5, 0.6) is 5.75 Å². The van der Waals surface area contributed by atoms with Gasteiger partial charge in [-0.25, -0.2) is 0 Å². The predicted molar refractivity (Wildman–Crippen MR) is 125 cm³/mol. The fraction of sp³-hybridized carbons (Fsp3) is 0.0741. The molecular formula is C27H22NOS+. The summed E-state index contributed by atoms with van der Waals surface area (Å²) in [6.45, 7) is 3.13. The Bertz CT molecular complexity index is 1290. The summed E-state index contributed by atoms with van der Waals surface area (Å²) < 4.78 is 9.82. The number of para-hydroxylation sites is 2. The van der Waals surface area contributed by atoms with Crippen LogP contribution in [0.25, 0.3) is 21.9 Å². The van der Waals surface area contributed by atoms with Crippen LogP contribution >= 0.6 is 11.3 Å². The average molecular weight is 409 g/mol. The average Bonchev–Trinajstić information content (AvgIpc) is 3.16. The first kappa shape index (κ1) is 18.6. The third kappa shape index (κ3) is 3.49. The van der Waals surface area contributed by atoms with Crippen molar-refractivity contribution in [2.24, 2.45) is 0 Å². The summed E-state index contributed by atoms with van der Waals surface area (Å²) in [6, 6.07) is 27.2. The maximum Gasteiger partial charge on any atom is 0.262 e. The van der Waals surface area contributed by atoms with E-state index in [1.807, 2.05) is 35.6 Å². The summed E-state index contributed by atoms with van der Waals surface area (Å²) in [5, 5.41) is 1.24. The zero-order chi connectivity index (χ0) is 20.3. The lowest BCUT2D eigenvalue weighted by molar-refractivity contribution is -0.665. The van der Waals surface area contributed by atoms with Crippen LogP contribution in [0.4, 0.5) is 0 Å². The Labute approximate surface area is 180 Å². The van der Waals surface area contributed by atoms with Gasteiger partial charge in [0.05, 0.1) is 0 Å². The van der Waals surface area contributed by atoms with Crippen LogP contribution in [-0.4, -0.2) is 0 Å². The molecule has 0 saturated heterocycles. The van der Waals surface area contributed by atoms with Gasteiger partial charge in [-0.05, 0) is 42.3 Å². The van der Waals surface area contributed by atoms with Crippen molar-refractivity contribution in [1.29, 1.82) is 0 Å². The van der Waals surface area contributed by atoms with Crippen LogP contribution < -0.4 is 9.30 Å². The molecule has 0 bridgehead atoms. The summed E-state index contributed by atoms with van der Waals surface area (Å²) in [5.41, 5.74) is 4.78. The summed E-state index contributed by atoms with van der Waals surface area (Å²) in [7, 11) is 0. The first-order chi connectivity index (χ1) is 14.8. The molecule has 0 aliphatic carbocycles. The molecule has 5 rings (SSSR count). The maximum atomic E-state index is 6.17. The summed E-state index contributed by atoms with van der Waals surface area (Å²) in [6.07, 6.45) is 8.42. The van der Waals surface area contributed by atoms with Crippen molar-refractivity contribution in [2.75, 3.05) is 0 Å². The van der Waals surface area contributed by atoms with E-state index in [0.29, 0.717) is 0 Å². The van der Waals surface area contributed by atoms with Crippen LogP contribution in [0.1, 0.15) is 23.1 Å². The minimum atomic E-state index is 0.841. The highest BCUT2D eigenvalue weighted by Crippen LogP contribution is 2.36. The number of aryl methyl sites for hydroxylation is 1. The second-order valence-electron chi connectivity index (χ2n) is 7.10. The maximum absolute atomic E-state index is 6.17. The van der Waals surface area contributed by atoms with Gasteiger partial charge < -0.3 is 4.74 Å². The van der Waals surface area contributed by atoms with Crippen molar-refractivity contribution < 1.29 is 9.30 Å². The number of benzene rings is 3. The molecule has 0 amide bonds. The predicted octanol–water partition coefficient (Wildman–Crippen LogP) is 6.63. The van der Waals surface area contributed by atoms with Crippen molar-refractivity contribution in [3.05, 3.63) is 119 Å². The van der Waals surface area contributed by atoms with Crippen molar-refractivity contribution in [1.82, 2.24) is 0 Å². The molecule has 0 atom stereocenters. The van der Waals surface area contributed by atoms with Crippen molar-refractivity contribution in [3.63, 3.8) is 0 Å². The monoisotopic (exact) mass is 408 g/mol. The lowest BCUT2D eigenvalue weighted by Gasteiger charge is -2.20. The SMILES string of the molecule is CC[n+]1c(/C=C/C=C2\C=C(c3ccccc3)c3ccccc3O2)sc2ccccc21. The van der Waals surface area contributed by atoms with Crippen LogP contribution in [0, 0.1) is 0 Å². The second-order valence-corrected chi connectivity index (χ2v) is 8.16. The molecule has 1 aliphatic rings. The lowest BCUT2D eigenvalue weighted by atomic mass is 9.95. The van der Waals surface area contributed by atoms with Gasteiger partial charge >= 0.3 is 0 Å². The van der Waals surface area contributed by atoms with Crippen molar-refractivity contribution >= 4 is 33.2 Å². The molecule has 146 valence electrons. The normalized spacial score (nSPS) is 14.7. The molecule has 2 nitrogen and oxygen atoms in total. The van der Waals surface area contributed by atoms with Gasteiger partial charge in [-0.1, -0.05) is 78.1 Å². The van der Waals surface area contributed by atoms with E-state index in [2.05, 4.69) is 90.4 Å². The van der Waals surface area contributed by atoms with E-state index in [1.54, 1.807) is 0 Å². The fourth-order valence-corrected chi connectivity index (χ4v) is 4.96. The van der Waals surface area contributed by atoms with Crippen LogP contribution in [0.2, 0.25) is 0 Å². The molecule has 0 unspecified atom stereocenters. The van der Waals surface area contributed by atoms with E-state index in [1.165, 1.54) is 26.4 Å². The molecular weight excluding hydrogens is 386 g/mol. The van der Waals surface area contributed by atoms with E-state index in [0.717, 1.165) is 23.6 Å². The Morgan fingerprint density at radius 3 is 2.53 bits per heavy atom. The van der Waals surface area contributed by atoms with E-state index < -0.39 is 0 Å². The number of nitrogens with zero attached hydrogens (tertiary/aromatic N) is 1. The number of aromatic nitrogens is 1. The number of thiazole rings is 1. The van der Waals surface area contributed by atoms with Gasteiger partial charge in [0.25, 0.3) is 5.01 Å². The minimum absolute atomic E-state index is 0.841. The Kier molecular flexibility index (Phi) is 5.04. The quantitative estimate of drug-likeness (QED) is 0.345. The topological polar surface area (TPSA) is 13.1 Å². The van der Waals surface area contributed by atoms with E-state index >= 15 is 0 Å². The number of rotatable bonds is 4. The first-order valence-corrected chi connectivity index (χ1v) is 11.0. The molecule has 1 aromatic heterocycles. The van der Waals surface area contributed by atoms with Crippen LogP contribution in [-0.2, 0) is 6.54 Å². The number of fused-ring (bicyclic) bond motifs is 2. The molecule has 3 aromatic carbocycles. The summed E-state index contributed by atoms with van der Waals surface area (Å²) in [4.78, 5) is 0. The molecule has 0 radical (unpaired) electrons. The van der Waals surface area contributed by atoms with Gasteiger partial charge in [-0.3, -0.25) is 0 Å². The smallest absolute Gasteiger partial charge is 0.262 e. The second kappa shape index (κ2) is 8.13. The highest BCUT2D eigenvalue weighted by atomic mass is 32.1. The molecule has 3 heteroatoms. The van der Waals surface area contributed by atoms with Gasteiger partial charge in [0.1, 0.15) is 22.8 Å². The van der Waals surface area contributed by atoms with E-state index in [-0.39, 0.29) is 0 Å². The van der Waals surface area contributed by atoms with Crippen molar-refractivity contribution in [3.8, 4) is 5.75 Å². The fourth-order valence-electron chi connectivity index (χ4n) is 3.82. The molecule has 30 heavy (non-hydrogen) atoms. The molecule has 0 saturated carbocycles. The van der Waals surface area contributed by atoms with E-state index in [4.69, 9.17) is 4.74 Å². The zero-order valence-corrected chi connectivity index (χ0v) is 17.6. The van der Waals surface area contributed by atoms with E-state index in [9.17, 15) is 0 Å². The molecule has 2 heterocycles. The highest BCUT2D eigenvalue weighted by Gasteiger charge is 2.18. The van der Waals surface area contributed by atoms with Crippen LogP contribution in [0.3, 0.4) is 0 Å². The van der Waals surface area contributed by atoms with Gasteiger partial charge in [0.2, 0.25) is 5.52 Å². The first-order valence-electron chi connectivity index (χ1n) is 10.2. The number of allylic oxidation sites excluding steroid dienone is 3. The standard InChI is InChI=1S/C27H22NOS/c1-2-28-24-15-7-9-17-26(24)30-27(28)18-10-13-21-19-23(20-11-4-3-5-12-20)22-14-6-8-16-25(22)29-21/h3-19H,2H2,1H3/q+1/b18-10+,21-13+. The number of hydrogen-bond donors (Lipinski definition) is 0. The Morgan fingerprint density at radius 2 is 1.67 bits per heavy atom. The molecule has 1 aliphatic heterocycles. The number of hydrogen-bond acceptors (Lipinski definition) is 2. The molecule has 0 N–H and O–H groups in total. The Hall–Kier alpha value is -3.43. The minimum Gasteiger partial charge on any atom is -0.457 e. The van der Waals surface area contributed by atoms with Gasteiger partial charge in [0.15, 0.2) is 0 Å². The Morgan fingerprint density at radius 1 is 0.900 bits per heavy atom. The van der Waals surface area contributed by atoms with Gasteiger partial charge in [0, 0.05) is 17.7 Å². The summed E-state index contributed by atoms with van der Waals surface area (Å²) in [5.74, 6) is 1.73. The third-order valence-corrected chi connectivity index (χ3v) is 6.36. The molecule has 0 spiro atoms. The Balaban J connectivity index is 1.52. The zero-order valence-electron chi connectivity index (χ0n) is 16.8. The van der Waals surface area contributed by atoms with Crippen LogP contribution in [0.15, 0.2) is 103 Å². The number of ether oxygens (including phenoxy) is 1. The molecule has 4 aromatic rings. The highest BCUT2D eigenvalue weighted by molar-refractivity contribution is 7.18. The lowest BCUT2D eigenvalue weighted by Crippen LogP contribution is -2.33.